The highest BCUT2D eigenvalue weighted by Gasteiger charge is 2.16. The number of benzene rings is 1. The number of aliphatic hydroxyl groups excluding tert-OH is 1. The first-order chi connectivity index (χ1) is 10.0. The normalized spacial score (nSPS) is 17.0. The van der Waals surface area contributed by atoms with Gasteiger partial charge < -0.3 is 10.0 Å². The molecule has 0 spiro atoms. The zero-order valence-electron chi connectivity index (χ0n) is 12.5. The molecule has 1 aliphatic heterocycles. The first kappa shape index (κ1) is 16.4. The van der Waals surface area contributed by atoms with E-state index >= 15 is 0 Å². The van der Waals surface area contributed by atoms with Crippen molar-refractivity contribution in [1.29, 1.82) is 0 Å². The maximum absolute atomic E-state index is 12.2. The van der Waals surface area contributed by atoms with E-state index in [-0.39, 0.29) is 11.5 Å². The molecule has 1 aliphatic rings. The number of aliphatic hydroxyl groups is 1. The Labute approximate surface area is 127 Å². The fourth-order valence-corrected chi connectivity index (χ4v) is 3.66. The molecule has 2 N–H and O–H groups in total. The van der Waals surface area contributed by atoms with Crippen LogP contribution in [0.25, 0.3) is 0 Å². The third kappa shape index (κ3) is 4.51. The monoisotopic (exact) mass is 312 g/mol. The SMILES string of the molecule is Cc1ccc(S(=O)(=O)NCCN2CCCCC2)cc1CO. The summed E-state index contributed by atoms with van der Waals surface area (Å²) in [5.74, 6) is 0. The van der Waals surface area contributed by atoms with Crippen LogP contribution in [0, 0.1) is 6.92 Å². The van der Waals surface area contributed by atoms with Gasteiger partial charge in [-0.1, -0.05) is 12.5 Å². The molecule has 0 radical (unpaired) electrons. The summed E-state index contributed by atoms with van der Waals surface area (Å²) in [6.45, 7) is 4.99. The largest absolute Gasteiger partial charge is 0.392 e. The fourth-order valence-electron chi connectivity index (χ4n) is 2.59. The van der Waals surface area contributed by atoms with Crippen LogP contribution in [0.4, 0.5) is 0 Å². The third-order valence-electron chi connectivity index (χ3n) is 3.97. The maximum Gasteiger partial charge on any atom is 0.240 e. The molecule has 1 fully saturated rings. The van der Waals surface area contributed by atoms with E-state index in [0.717, 1.165) is 25.2 Å². The van der Waals surface area contributed by atoms with Crippen molar-refractivity contribution in [1.82, 2.24) is 9.62 Å². The Kier molecular flexibility index (Phi) is 5.75. The summed E-state index contributed by atoms with van der Waals surface area (Å²) in [4.78, 5) is 2.51. The molecule has 0 amide bonds. The number of sulfonamides is 1. The van der Waals surface area contributed by atoms with Crippen molar-refractivity contribution >= 4 is 10.0 Å². The van der Waals surface area contributed by atoms with Gasteiger partial charge in [0.05, 0.1) is 11.5 Å². The van der Waals surface area contributed by atoms with Crippen molar-refractivity contribution in [3.63, 3.8) is 0 Å². The number of hydrogen-bond donors (Lipinski definition) is 2. The van der Waals surface area contributed by atoms with Gasteiger partial charge in [0.15, 0.2) is 0 Å². The van der Waals surface area contributed by atoms with E-state index in [0.29, 0.717) is 12.1 Å². The van der Waals surface area contributed by atoms with Crippen molar-refractivity contribution in [3.8, 4) is 0 Å². The van der Waals surface area contributed by atoms with Gasteiger partial charge in [-0.3, -0.25) is 0 Å². The number of piperidine rings is 1. The minimum atomic E-state index is -3.50. The Morgan fingerprint density at radius 1 is 1.24 bits per heavy atom. The minimum Gasteiger partial charge on any atom is -0.392 e. The molecule has 0 atom stereocenters. The molecule has 1 aromatic carbocycles. The van der Waals surface area contributed by atoms with E-state index in [2.05, 4.69) is 9.62 Å². The van der Waals surface area contributed by atoms with Gasteiger partial charge in [-0.2, -0.15) is 0 Å². The average molecular weight is 312 g/mol. The Balaban J connectivity index is 1.94. The Morgan fingerprint density at radius 2 is 1.95 bits per heavy atom. The summed E-state index contributed by atoms with van der Waals surface area (Å²) >= 11 is 0. The van der Waals surface area contributed by atoms with Gasteiger partial charge in [0.2, 0.25) is 10.0 Å². The molecule has 118 valence electrons. The highest BCUT2D eigenvalue weighted by Crippen LogP contribution is 2.15. The topological polar surface area (TPSA) is 69.6 Å². The molecule has 1 saturated heterocycles. The van der Waals surface area contributed by atoms with Crippen molar-refractivity contribution in [2.75, 3.05) is 26.2 Å². The lowest BCUT2D eigenvalue weighted by Gasteiger charge is -2.26. The molecular formula is C15H24N2O3S. The van der Waals surface area contributed by atoms with Crippen LogP contribution >= 0.6 is 0 Å². The predicted molar refractivity (Wildman–Crippen MR) is 82.6 cm³/mol. The van der Waals surface area contributed by atoms with Crippen LogP contribution in [0.1, 0.15) is 30.4 Å². The van der Waals surface area contributed by atoms with Crippen molar-refractivity contribution in [3.05, 3.63) is 29.3 Å². The van der Waals surface area contributed by atoms with Gasteiger partial charge in [0, 0.05) is 13.1 Å². The predicted octanol–water partition coefficient (Wildman–Crippen LogP) is 1.25. The zero-order chi connectivity index (χ0) is 15.3. The molecule has 6 heteroatoms. The maximum atomic E-state index is 12.2. The molecule has 0 aromatic heterocycles. The summed E-state index contributed by atoms with van der Waals surface area (Å²) in [5.41, 5.74) is 1.54. The summed E-state index contributed by atoms with van der Waals surface area (Å²) < 4.78 is 27.1. The fraction of sp³-hybridized carbons (Fsp3) is 0.600. The quantitative estimate of drug-likeness (QED) is 0.829. The van der Waals surface area contributed by atoms with Gasteiger partial charge >= 0.3 is 0 Å². The first-order valence-corrected chi connectivity index (χ1v) is 8.93. The van der Waals surface area contributed by atoms with E-state index in [1.807, 2.05) is 6.92 Å². The van der Waals surface area contributed by atoms with Crippen LogP contribution in [-0.2, 0) is 16.6 Å². The van der Waals surface area contributed by atoms with E-state index in [4.69, 9.17) is 0 Å². The van der Waals surface area contributed by atoms with Gasteiger partial charge in [0.25, 0.3) is 0 Å². The molecule has 2 rings (SSSR count). The van der Waals surface area contributed by atoms with Crippen LogP contribution in [0.15, 0.2) is 23.1 Å². The molecule has 1 aromatic rings. The smallest absolute Gasteiger partial charge is 0.240 e. The summed E-state index contributed by atoms with van der Waals surface area (Å²) in [7, 11) is -3.50. The Hall–Kier alpha value is -0.950. The second-order valence-corrected chi connectivity index (χ2v) is 7.31. The van der Waals surface area contributed by atoms with Crippen molar-refractivity contribution in [2.24, 2.45) is 0 Å². The molecule has 0 unspecified atom stereocenters. The Morgan fingerprint density at radius 3 is 2.62 bits per heavy atom. The highest BCUT2D eigenvalue weighted by molar-refractivity contribution is 7.89. The molecule has 5 nitrogen and oxygen atoms in total. The summed E-state index contributed by atoms with van der Waals surface area (Å²) in [6, 6.07) is 4.85. The Bertz CT molecular complexity index is 566. The number of nitrogens with zero attached hydrogens (tertiary/aromatic N) is 1. The number of nitrogens with one attached hydrogen (secondary N) is 1. The van der Waals surface area contributed by atoms with Crippen LogP contribution in [0.2, 0.25) is 0 Å². The number of hydrogen-bond acceptors (Lipinski definition) is 4. The number of rotatable bonds is 6. The molecule has 0 saturated carbocycles. The molecule has 0 bridgehead atoms. The van der Waals surface area contributed by atoms with Gasteiger partial charge in [-0.05, 0) is 56.1 Å². The number of likely N-dealkylation sites (tertiary alicyclic amines) is 1. The second kappa shape index (κ2) is 7.35. The average Bonchev–Trinajstić information content (AvgIpc) is 2.48. The number of aryl methyl sites for hydroxylation is 1. The zero-order valence-corrected chi connectivity index (χ0v) is 13.3. The van der Waals surface area contributed by atoms with Crippen LogP contribution in [0.3, 0.4) is 0 Å². The van der Waals surface area contributed by atoms with E-state index < -0.39 is 10.0 Å². The second-order valence-electron chi connectivity index (χ2n) is 5.55. The van der Waals surface area contributed by atoms with E-state index in [1.54, 1.807) is 18.2 Å². The standard InChI is InChI=1S/C15H24N2O3S/c1-13-5-6-15(11-14(13)12-18)21(19,20)16-7-10-17-8-3-2-4-9-17/h5-6,11,16,18H,2-4,7-10,12H2,1H3. The molecule has 0 aliphatic carbocycles. The molecule has 21 heavy (non-hydrogen) atoms. The first-order valence-electron chi connectivity index (χ1n) is 7.45. The van der Waals surface area contributed by atoms with Crippen LogP contribution in [0.5, 0.6) is 0 Å². The van der Waals surface area contributed by atoms with Crippen molar-refractivity contribution in [2.45, 2.75) is 37.7 Å². The molecule has 1 heterocycles. The van der Waals surface area contributed by atoms with Crippen LogP contribution < -0.4 is 4.72 Å². The lowest BCUT2D eigenvalue weighted by molar-refractivity contribution is 0.233. The lowest BCUT2D eigenvalue weighted by Crippen LogP contribution is -2.37. The summed E-state index contributed by atoms with van der Waals surface area (Å²) in [5, 5.41) is 9.23. The van der Waals surface area contributed by atoms with Gasteiger partial charge in [-0.15, -0.1) is 0 Å². The highest BCUT2D eigenvalue weighted by atomic mass is 32.2. The third-order valence-corrected chi connectivity index (χ3v) is 5.43. The van der Waals surface area contributed by atoms with E-state index in [1.165, 1.54) is 19.3 Å². The minimum absolute atomic E-state index is 0.150. The van der Waals surface area contributed by atoms with Crippen LogP contribution in [-0.4, -0.2) is 44.6 Å². The van der Waals surface area contributed by atoms with Gasteiger partial charge in [0.1, 0.15) is 0 Å². The lowest BCUT2D eigenvalue weighted by atomic mass is 10.1. The van der Waals surface area contributed by atoms with Gasteiger partial charge in [-0.25, -0.2) is 13.1 Å². The molecular weight excluding hydrogens is 288 g/mol. The summed E-state index contributed by atoms with van der Waals surface area (Å²) in [6.07, 6.45) is 3.67. The van der Waals surface area contributed by atoms with E-state index in [9.17, 15) is 13.5 Å². The van der Waals surface area contributed by atoms with Crippen molar-refractivity contribution < 1.29 is 13.5 Å².